The normalized spacial score (nSPS) is 24.7. The number of nitrogens with zero attached hydrogens (tertiary/aromatic N) is 2. The average Bonchev–Trinajstić information content (AvgIpc) is 2.95. The number of rotatable bonds is 3. The van der Waals surface area contributed by atoms with E-state index in [9.17, 15) is 4.79 Å². The van der Waals surface area contributed by atoms with Crippen LogP contribution < -0.4 is 5.73 Å². The summed E-state index contributed by atoms with van der Waals surface area (Å²) >= 11 is 0. The molecule has 0 bridgehead atoms. The van der Waals surface area contributed by atoms with E-state index in [-0.39, 0.29) is 36.8 Å². The van der Waals surface area contributed by atoms with Crippen LogP contribution in [0.2, 0.25) is 0 Å². The molecule has 1 aromatic rings. The van der Waals surface area contributed by atoms with Crippen molar-refractivity contribution in [2.24, 2.45) is 17.6 Å². The molecule has 2 aliphatic rings. The molecular weight excluding hydrogens is 333 g/mol. The molecule has 4 nitrogen and oxygen atoms in total. The number of nitrogens with two attached hydrogens (primary N) is 1. The van der Waals surface area contributed by atoms with E-state index in [0.29, 0.717) is 11.8 Å². The minimum Gasteiger partial charge on any atom is -0.342 e. The third-order valence-corrected chi connectivity index (χ3v) is 5.00. The average molecular weight is 360 g/mol. The predicted molar refractivity (Wildman–Crippen MR) is 97.1 cm³/mol. The maximum atomic E-state index is 12.5. The van der Waals surface area contributed by atoms with Gasteiger partial charge in [0.15, 0.2) is 0 Å². The maximum Gasteiger partial charge on any atom is 0.225 e. The van der Waals surface area contributed by atoms with Crippen molar-refractivity contribution < 1.29 is 4.79 Å². The van der Waals surface area contributed by atoms with E-state index in [1.165, 1.54) is 5.56 Å². The topological polar surface area (TPSA) is 59.2 Å². The van der Waals surface area contributed by atoms with Crippen molar-refractivity contribution in [1.29, 1.82) is 0 Å². The monoisotopic (exact) mass is 359 g/mol. The number of carbonyl (C=O) groups excluding carboxylic acids is 1. The Morgan fingerprint density at radius 1 is 1.22 bits per heavy atom. The molecule has 2 atom stereocenters. The number of pyridine rings is 1. The first kappa shape index (κ1) is 20.2. The molecule has 23 heavy (non-hydrogen) atoms. The van der Waals surface area contributed by atoms with Crippen molar-refractivity contribution in [1.82, 2.24) is 9.88 Å². The third kappa shape index (κ3) is 5.33. The van der Waals surface area contributed by atoms with Crippen molar-refractivity contribution in [3.8, 4) is 0 Å². The summed E-state index contributed by atoms with van der Waals surface area (Å²) in [5.41, 5.74) is 7.23. The molecule has 2 fully saturated rings. The van der Waals surface area contributed by atoms with E-state index >= 15 is 0 Å². The van der Waals surface area contributed by atoms with Crippen molar-refractivity contribution in [2.45, 2.75) is 44.6 Å². The van der Waals surface area contributed by atoms with Gasteiger partial charge in [-0.05, 0) is 56.1 Å². The number of halogens is 2. The molecule has 0 aromatic carbocycles. The van der Waals surface area contributed by atoms with Crippen molar-refractivity contribution >= 4 is 30.7 Å². The second-order valence-electron chi connectivity index (χ2n) is 6.60. The number of amides is 1. The number of carbonyl (C=O) groups is 1. The lowest BCUT2D eigenvalue weighted by Gasteiger charge is -2.33. The zero-order valence-corrected chi connectivity index (χ0v) is 15.0. The van der Waals surface area contributed by atoms with E-state index in [0.717, 1.165) is 51.6 Å². The van der Waals surface area contributed by atoms with E-state index in [2.05, 4.69) is 16.0 Å². The molecular formula is C17H27Cl2N3O. The molecule has 2 N–H and O–H groups in total. The number of hydrogen-bond acceptors (Lipinski definition) is 3. The molecule has 3 rings (SSSR count). The fraction of sp³-hybridized carbons (Fsp3) is 0.647. The van der Waals surface area contributed by atoms with E-state index in [1.807, 2.05) is 18.5 Å². The van der Waals surface area contributed by atoms with Crippen LogP contribution in [0.1, 0.15) is 37.7 Å². The van der Waals surface area contributed by atoms with E-state index in [4.69, 9.17) is 5.73 Å². The SMILES string of the molecule is Cl.Cl.N[C@@H]1CC[C@H](C(=O)N2CCC(Cc3cccnc3)CC2)C1. The molecule has 130 valence electrons. The minimum absolute atomic E-state index is 0. The van der Waals surface area contributed by atoms with Crippen LogP contribution in [0.3, 0.4) is 0 Å². The van der Waals surface area contributed by atoms with Gasteiger partial charge in [0, 0.05) is 37.4 Å². The number of piperidine rings is 1. The van der Waals surface area contributed by atoms with Crippen LogP contribution in [0.15, 0.2) is 24.5 Å². The van der Waals surface area contributed by atoms with Crippen molar-refractivity contribution in [2.75, 3.05) is 13.1 Å². The lowest BCUT2D eigenvalue weighted by Crippen LogP contribution is -2.41. The van der Waals surface area contributed by atoms with E-state index < -0.39 is 0 Å². The lowest BCUT2D eigenvalue weighted by molar-refractivity contribution is -0.136. The Kier molecular flexibility index (Phi) is 8.31. The van der Waals surface area contributed by atoms with Gasteiger partial charge in [0.05, 0.1) is 0 Å². The highest BCUT2D eigenvalue weighted by atomic mass is 35.5. The van der Waals surface area contributed by atoms with Gasteiger partial charge in [0.2, 0.25) is 5.91 Å². The van der Waals surface area contributed by atoms with Gasteiger partial charge in [-0.2, -0.15) is 0 Å². The summed E-state index contributed by atoms with van der Waals surface area (Å²) in [5.74, 6) is 1.22. The largest absolute Gasteiger partial charge is 0.342 e. The number of hydrogen-bond donors (Lipinski definition) is 1. The molecule has 1 aliphatic carbocycles. The highest BCUT2D eigenvalue weighted by Gasteiger charge is 2.32. The quantitative estimate of drug-likeness (QED) is 0.902. The summed E-state index contributed by atoms with van der Waals surface area (Å²) < 4.78 is 0. The standard InChI is InChI=1S/C17H25N3O.2ClH/c18-16-4-3-15(11-16)17(21)20-8-5-13(6-9-20)10-14-2-1-7-19-12-14;;/h1-2,7,12-13,15-16H,3-6,8-11,18H2;2*1H/t15-,16+;;/m0../s1. The molecule has 1 amide bonds. The van der Waals surface area contributed by atoms with Gasteiger partial charge in [-0.25, -0.2) is 0 Å². The molecule has 6 heteroatoms. The fourth-order valence-electron chi connectivity index (χ4n) is 3.71. The number of likely N-dealkylation sites (tertiary alicyclic amines) is 1. The summed E-state index contributed by atoms with van der Waals surface area (Å²) in [6, 6.07) is 4.38. The smallest absolute Gasteiger partial charge is 0.225 e. The first-order valence-corrected chi connectivity index (χ1v) is 8.15. The molecule has 1 aliphatic heterocycles. The minimum atomic E-state index is 0. The number of aromatic nitrogens is 1. The first-order chi connectivity index (χ1) is 10.2. The zero-order chi connectivity index (χ0) is 14.7. The summed E-state index contributed by atoms with van der Waals surface area (Å²) in [6.45, 7) is 1.82. The highest BCUT2D eigenvalue weighted by Crippen LogP contribution is 2.28. The van der Waals surface area contributed by atoms with Gasteiger partial charge in [-0.3, -0.25) is 9.78 Å². The molecule has 0 radical (unpaired) electrons. The van der Waals surface area contributed by atoms with E-state index in [1.54, 1.807) is 0 Å². The molecule has 0 spiro atoms. The Balaban J connectivity index is 0.00000132. The van der Waals surface area contributed by atoms with Crippen molar-refractivity contribution in [3.05, 3.63) is 30.1 Å². The highest BCUT2D eigenvalue weighted by molar-refractivity contribution is 5.85. The van der Waals surface area contributed by atoms with Crippen LogP contribution in [-0.4, -0.2) is 34.9 Å². The molecule has 1 saturated carbocycles. The summed E-state index contributed by atoms with van der Waals surface area (Å²) in [7, 11) is 0. The molecule has 2 heterocycles. The van der Waals surface area contributed by atoms with Gasteiger partial charge in [-0.1, -0.05) is 6.07 Å². The summed E-state index contributed by atoms with van der Waals surface area (Å²) in [6.07, 6.45) is 9.95. The van der Waals surface area contributed by atoms with Crippen LogP contribution in [0.25, 0.3) is 0 Å². The molecule has 1 saturated heterocycles. The van der Waals surface area contributed by atoms with Crippen LogP contribution >= 0.6 is 24.8 Å². The molecule has 1 aromatic heterocycles. The fourth-order valence-corrected chi connectivity index (χ4v) is 3.71. The third-order valence-electron chi connectivity index (χ3n) is 5.00. The van der Waals surface area contributed by atoms with Gasteiger partial charge in [-0.15, -0.1) is 24.8 Å². The summed E-state index contributed by atoms with van der Waals surface area (Å²) in [4.78, 5) is 18.7. The maximum absolute atomic E-state index is 12.5. The van der Waals surface area contributed by atoms with Crippen molar-refractivity contribution in [3.63, 3.8) is 0 Å². The van der Waals surface area contributed by atoms with Gasteiger partial charge in [0.1, 0.15) is 0 Å². The Labute approximate surface area is 151 Å². The van der Waals surface area contributed by atoms with Crippen LogP contribution in [-0.2, 0) is 11.2 Å². The second-order valence-corrected chi connectivity index (χ2v) is 6.60. The Morgan fingerprint density at radius 2 is 1.96 bits per heavy atom. The Morgan fingerprint density at radius 3 is 2.52 bits per heavy atom. The second kappa shape index (κ2) is 9.45. The van der Waals surface area contributed by atoms with Gasteiger partial charge < -0.3 is 10.6 Å². The first-order valence-electron chi connectivity index (χ1n) is 8.15. The Hall–Kier alpha value is -0.840. The zero-order valence-electron chi connectivity index (χ0n) is 13.4. The Bertz CT molecular complexity index is 478. The van der Waals surface area contributed by atoms with Crippen LogP contribution in [0.5, 0.6) is 0 Å². The summed E-state index contributed by atoms with van der Waals surface area (Å²) in [5, 5.41) is 0. The lowest BCUT2D eigenvalue weighted by atomic mass is 9.90. The van der Waals surface area contributed by atoms with Gasteiger partial charge >= 0.3 is 0 Å². The van der Waals surface area contributed by atoms with Crippen LogP contribution in [0.4, 0.5) is 0 Å². The predicted octanol–water partition coefficient (Wildman–Crippen LogP) is 2.83. The van der Waals surface area contributed by atoms with Crippen LogP contribution in [0, 0.1) is 11.8 Å². The van der Waals surface area contributed by atoms with Gasteiger partial charge in [0.25, 0.3) is 0 Å². The molecule has 0 unspecified atom stereocenters.